The van der Waals surface area contributed by atoms with E-state index in [1.807, 2.05) is 42.3 Å². The average Bonchev–Trinajstić information content (AvgIpc) is 2.82. The van der Waals surface area contributed by atoms with Crippen molar-refractivity contribution in [1.29, 1.82) is 0 Å². The Morgan fingerprint density at radius 1 is 1.03 bits per heavy atom. The highest BCUT2D eigenvalue weighted by atomic mass is 32.1. The Morgan fingerprint density at radius 2 is 1.74 bits per heavy atom. The first kappa shape index (κ1) is 24.0. The second kappa shape index (κ2) is 10.4. The summed E-state index contributed by atoms with van der Waals surface area (Å²) < 4.78 is 13.2. The van der Waals surface area contributed by atoms with Crippen molar-refractivity contribution in [2.24, 2.45) is 5.92 Å². The van der Waals surface area contributed by atoms with Gasteiger partial charge < -0.3 is 25.1 Å². The Kier molecular flexibility index (Phi) is 7.34. The lowest BCUT2D eigenvalue weighted by molar-refractivity contribution is 0.157. The van der Waals surface area contributed by atoms with Crippen LogP contribution in [0.25, 0.3) is 0 Å². The SMILES string of the molecule is CN1CC(CCCC(O)c2ccc(F)cc2)C(c2ccc(O)cc2O)N(c2ccccc2)C1=S. The minimum atomic E-state index is -0.672. The fourth-order valence-corrected chi connectivity index (χ4v) is 5.05. The molecule has 178 valence electrons. The number of benzene rings is 3. The van der Waals surface area contributed by atoms with E-state index in [0.29, 0.717) is 29.2 Å². The Morgan fingerprint density at radius 3 is 2.41 bits per heavy atom. The molecule has 0 aromatic heterocycles. The smallest absolute Gasteiger partial charge is 0.176 e. The molecule has 0 radical (unpaired) electrons. The van der Waals surface area contributed by atoms with Crippen LogP contribution in [0.2, 0.25) is 0 Å². The summed E-state index contributed by atoms with van der Waals surface area (Å²) >= 11 is 5.81. The highest BCUT2D eigenvalue weighted by Crippen LogP contribution is 2.43. The van der Waals surface area contributed by atoms with Gasteiger partial charge in [0.1, 0.15) is 17.3 Å². The molecule has 1 aliphatic rings. The Labute approximate surface area is 204 Å². The summed E-state index contributed by atoms with van der Waals surface area (Å²) in [5.41, 5.74) is 2.32. The highest BCUT2D eigenvalue weighted by Gasteiger charge is 2.39. The number of nitrogens with zero attached hydrogens (tertiary/aromatic N) is 2. The molecule has 0 bridgehead atoms. The van der Waals surface area contributed by atoms with Gasteiger partial charge in [-0.2, -0.15) is 0 Å². The Bertz CT molecular complexity index is 1130. The van der Waals surface area contributed by atoms with Crippen LogP contribution in [-0.2, 0) is 0 Å². The van der Waals surface area contributed by atoms with Gasteiger partial charge in [0, 0.05) is 36.8 Å². The maximum atomic E-state index is 13.2. The molecule has 3 unspecified atom stereocenters. The van der Waals surface area contributed by atoms with Crippen LogP contribution in [0.15, 0.2) is 72.8 Å². The van der Waals surface area contributed by atoms with Crippen LogP contribution in [0.5, 0.6) is 11.5 Å². The lowest BCUT2D eigenvalue weighted by Gasteiger charge is -2.47. The first-order valence-corrected chi connectivity index (χ1v) is 11.8. The van der Waals surface area contributed by atoms with Crippen LogP contribution in [0.3, 0.4) is 0 Å². The molecule has 3 N–H and O–H groups in total. The lowest BCUT2D eigenvalue weighted by Crippen LogP contribution is -2.53. The number of aliphatic hydroxyl groups is 1. The van der Waals surface area contributed by atoms with Gasteiger partial charge in [-0.15, -0.1) is 0 Å². The van der Waals surface area contributed by atoms with Crippen molar-refractivity contribution in [2.75, 3.05) is 18.5 Å². The minimum absolute atomic E-state index is 0.00184. The fraction of sp³-hybridized carbons (Fsp3) is 0.296. The van der Waals surface area contributed by atoms with Gasteiger partial charge in [0.15, 0.2) is 5.11 Å². The first-order chi connectivity index (χ1) is 16.3. The van der Waals surface area contributed by atoms with E-state index in [0.717, 1.165) is 18.5 Å². The van der Waals surface area contributed by atoms with E-state index in [9.17, 15) is 19.7 Å². The molecule has 3 aromatic carbocycles. The van der Waals surface area contributed by atoms with Gasteiger partial charge in [0.05, 0.1) is 12.1 Å². The minimum Gasteiger partial charge on any atom is -0.508 e. The van der Waals surface area contributed by atoms with Gasteiger partial charge in [-0.1, -0.05) is 36.8 Å². The molecule has 5 nitrogen and oxygen atoms in total. The number of hydrogen-bond donors (Lipinski definition) is 3. The van der Waals surface area contributed by atoms with Gasteiger partial charge >= 0.3 is 0 Å². The van der Waals surface area contributed by atoms with E-state index < -0.39 is 6.10 Å². The number of para-hydroxylation sites is 1. The van der Waals surface area contributed by atoms with Crippen molar-refractivity contribution in [1.82, 2.24) is 4.90 Å². The molecule has 0 spiro atoms. The average molecular weight is 481 g/mol. The number of anilines is 1. The van der Waals surface area contributed by atoms with Crippen LogP contribution in [0.4, 0.5) is 10.1 Å². The van der Waals surface area contributed by atoms with Crippen LogP contribution < -0.4 is 4.90 Å². The van der Waals surface area contributed by atoms with Crippen LogP contribution >= 0.6 is 12.2 Å². The molecule has 1 aliphatic heterocycles. The van der Waals surface area contributed by atoms with E-state index in [4.69, 9.17) is 12.2 Å². The van der Waals surface area contributed by atoms with Crippen molar-refractivity contribution in [3.63, 3.8) is 0 Å². The number of phenolic OH excluding ortho intramolecular Hbond substituents is 2. The quantitative estimate of drug-likeness (QED) is 0.386. The third-order valence-electron chi connectivity index (χ3n) is 6.44. The normalized spacial score (nSPS) is 19.3. The maximum Gasteiger partial charge on any atom is 0.176 e. The van der Waals surface area contributed by atoms with Gasteiger partial charge in [0.2, 0.25) is 0 Å². The standard InChI is InChI=1S/C27H29FN2O3S/c1-29-17-19(6-5-9-24(32)18-10-12-20(28)13-11-18)26(23-15-14-22(31)16-25(23)33)30(27(29)34)21-7-3-2-4-8-21/h2-4,7-8,10-16,19,24,26,31-33H,5-6,9,17H2,1H3. The first-order valence-electron chi connectivity index (χ1n) is 11.4. The number of halogens is 1. The molecule has 0 saturated carbocycles. The molecule has 0 amide bonds. The molecule has 7 heteroatoms. The topological polar surface area (TPSA) is 67.2 Å². The van der Waals surface area contributed by atoms with Crippen molar-refractivity contribution < 1.29 is 19.7 Å². The summed E-state index contributed by atoms with van der Waals surface area (Å²) in [7, 11) is 1.96. The Hall–Kier alpha value is -3.16. The molecular formula is C27H29FN2O3S. The second-order valence-corrected chi connectivity index (χ2v) is 9.18. The summed E-state index contributed by atoms with van der Waals surface area (Å²) in [5.74, 6) is -0.209. The van der Waals surface area contributed by atoms with Crippen molar-refractivity contribution in [3.05, 3.63) is 89.7 Å². The van der Waals surface area contributed by atoms with E-state index in [-0.39, 0.29) is 29.3 Å². The molecule has 4 rings (SSSR count). The van der Waals surface area contributed by atoms with Gasteiger partial charge in [-0.3, -0.25) is 0 Å². The van der Waals surface area contributed by atoms with E-state index in [2.05, 4.69) is 4.90 Å². The number of aromatic hydroxyl groups is 2. The van der Waals surface area contributed by atoms with E-state index in [1.165, 1.54) is 18.2 Å². The summed E-state index contributed by atoms with van der Waals surface area (Å²) in [6, 6.07) is 20.2. The summed E-state index contributed by atoms with van der Waals surface area (Å²) in [5, 5.41) is 31.8. The second-order valence-electron chi connectivity index (χ2n) is 8.81. The molecular weight excluding hydrogens is 451 g/mol. The molecule has 1 fully saturated rings. The van der Waals surface area contributed by atoms with Crippen molar-refractivity contribution >= 4 is 23.0 Å². The predicted molar refractivity (Wildman–Crippen MR) is 135 cm³/mol. The number of rotatable bonds is 7. The molecule has 0 aliphatic carbocycles. The zero-order chi connectivity index (χ0) is 24.2. The molecule has 3 atom stereocenters. The number of phenols is 2. The van der Waals surface area contributed by atoms with Gasteiger partial charge in [-0.05, 0) is 67.0 Å². The largest absolute Gasteiger partial charge is 0.508 e. The van der Waals surface area contributed by atoms with Crippen LogP contribution in [0, 0.1) is 11.7 Å². The van der Waals surface area contributed by atoms with Gasteiger partial charge in [0.25, 0.3) is 0 Å². The molecule has 1 heterocycles. The van der Waals surface area contributed by atoms with E-state index in [1.54, 1.807) is 24.3 Å². The molecule has 1 saturated heterocycles. The number of thiocarbonyl (C=S) groups is 1. The zero-order valence-corrected chi connectivity index (χ0v) is 19.8. The number of hydrogen-bond acceptors (Lipinski definition) is 4. The third-order valence-corrected chi connectivity index (χ3v) is 6.95. The maximum absolute atomic E-state index is 13.2. The predicted octanol–water partition coefficient (Wildman–Crippen LogP) is 5.54. The monoisotopic (exact) mass is 480 g/mol. The van der Waals surface area contributed by atoms with Gasteiger partial charge in [-0.25, -0.2) is 4.39 Å². The fourth-order valence-electron chi connectivity index (χ4n) is 4.75. The number of aliphatic hydroxyl groups excluding tert-OH is 1. The summed E-state index contributed by atoms with van der Waals surface area (Å²) in [6.07, 6.45) is 1.38. The van der Waals surface area contributed by atoms with Crippen LogP contribution in [-0.4, -0.2) is 38.9 Å². The Balaban J connectivity index is 1.61. The molecule has 3 aromatic rings. The summed E-state index contributed by atoms with van der Waals surface area (Å²) in [4.78, 5) is 4.10. The van der Waals surface area contributed by atoms with Crippen molar-refractivity contribution in [2.45, 2.75) is 31.4 Å². The molecule has 34 heavy (non-hydrogen) atoms. The lowest BCUT2D eigenvalue weighted by atomic mass is 9.84. The van der Waals surface area contributed by atoms with Crippen LogP contribution in [0.1, 0.15) is 42.5 Å². The third kappa shape index (κ3) is 5.16. The zero-order valence-electron chi connectivity index (χ0n) is 19.0. The summed E-state index contributed by atoms with van der Waals surface area (Å²) in [6.45, 7) is 0.694. The highest BCUT2D eigenvalue weighted by molar-refractivity contribution is 7.80. The van der Waals surface area contributed by atoms with E-state index >= 15 is 0 Å². The van der Waals surface area contributed by atoms with Crippen molar-refractivity contribution in [3.8, 4) is 11.5 Å².